The minimum absolute atomic E-state index is 0.684. The Kier molecular flexibility index (Phi) is 6.46. The van der Waals surface area contributed by atoms with Crippen molar-refractivity contribution in [1.82, 2.24) is 0 Å². The number of hydrogen-bond acceptors (Lipinski definition) is 3. The van der Waals surface area contributed by atoms with E-state index in [1.54, 1.807) is 0 Å². The van der Waals surface area contributed by atoms with Gasteiger partial charge in [-0.25, -0.2) is 0 Å². The highest BCUT2D eigenvalue weighted by atomic mass is 16.5. The van der Waals surface area contributed by atoms with E-state index < -0.39 is 0 Å². The van der Waals surface area contributed by atoms with Gasteiger partial charge in [0, 0.05) is 6.54 Å². The number of hydrogen-bond donors (Lipinski definition) is 1. The molecule has 0 spiro atoms. The van der Waals surface area contributed by atoms with Gasteiger partial charge >= 0.3 is 0 Å². The SMILES string of the molecule is CCOc1ccccc1NCCCCOc1ccccc1. The second-order valence-electron chi connectivity index (χ2n) is 4.72. The van der Waals surface area contributed by atoms with Gasteiger partial charge in [-0.05, 0) is 44.0 Å². The standard InChI is InChI=1S/C18H23NO2/c1-2-20-18-13-7-6-12-17(18)19-14-8-9-15-21-16-10-4-3-5-11-16/h3-7,10-13,19H,2,8-9,14-15H2,1H3. The van der Waals surface area contributed by atoms with Gasteiger partial charge in [0.2, 0.25) is 0 Å². The van der Waals surface area contributed by atoms with Crippen LogP contribution in [0.15, 0.2) is 54.6 Å². The van der Waals surface area contributed by atoms with E-state index in [2.05, 4.69) is 5.32 Å². The van der Waals surface area contributed by atoms with Gasteiger partial charge < -0.3 is 14.8 Å². The summed E-state index contributed by atoms with van der Waals surface area (Å²) in [6.07, 6.45) is 2.09. The minimum atomic E-state index is 0.684. The molecular weight excluding hydrogens is 262 g/mol. The van der Waals surface area contributed by atoms with Gasteiger partial charge in [0.05, 0.1) is 18.9 Å². The molecule has 0 aliphatic carbocycles. The molecule has 0 atom stereocenters. The van der Waals surface area contributed by atoms with E-state index in [1.165, 1.54) is 0 Å². The predicted octanol–water partition coefficient (Wildman–Crippen LogP) is 4.36. The van der Waals surface area contributed by atoms with Gasteiger partial charge in [0.1, 0.15) is 11.5 Å². The first-order valence-electron chi connectivity index (χ1n) is 7.53. The fourth-order valence-corrected chi connectivity index (χ4v) is 2.05. The van der Waals surface area contributed by atoms with Gasteiger partial charge in [-0.3, -0.25) is 0 Å². The summed E-state index contributed by atoms with van der Waals surface area (Å²) in [6.45, 7) is 4.35. The molecule has 0 amide bonds. The fourth-order valence-electron chi connectivity index (χ4n) is 2.05. The van der Waals surface area contributed by atoms with E-state index in [9.17, 15) is 0 Å². The smallest absolute Gasteiger partial charge is 0.142 e. The molecule has 3 heteroatoms. The lowest BCUT2D eigenvalue weighted by Crippen LogP contribution is -2.06. The Labute approximate surface area is 126 Å². The molecule has 0 saturated carbocycles. The summed E-state index contributed by atoms with van der Waals surface area (Å²) in [6, 6.07) is 18.0. The molecule has 2 aromatic carbocycles. The topological polar surface area (TPSA) is 30.5 Å². The zero-order chi connectivity index (χ0) is 14.8. The largest absolute Gasteiger partial charge is 0.494 e. The molecule has 21 heavy (non-hydrogen) atoms. The van der Waals surface area contributed by atoms with Crippen LogP contribution in [0.2, 0.25) is 0 Å². The summed E-state index contributed by atoms with van der Waals surface area (Å²) >= 11 is 0. The van der Waals surface area contributed by atoms with Crippen LogP contribution in [-0.4, -0.2) is 19.8 Å². The lowest BCUT2D eigenvalue weighted by atomic mass is 10.2. The average Bonchev–Trinajstić information content (AvgIpc) is 2.53. The van der Waals surface area contributed by atoms with E-state index in [0.717, 1.165) is 43.2 Å². The van der Waals surface area contributed by atoms with E-state index in [-0.39, 0.29) is 0 Å². The van der Waals surface area contributed by atoms with Crippen molar-refractivity contribution in [1.29, 1.82) is 0 Å². The Morgan fingerprint density at radius 3 is 2.43 bits per heavy atom. The second-order valence-corrected chi connectivity index (χ2v) is 4.72. The van der Waals surface area contributed by atoms with Crippen molar-refractivity contribution in [3.63, 3.8) is 0 Å². The number of nitrogens with one attached hydrogen (secondary N) is 1. The van der Waals surface area contributed by atoms with Crippen molar-refractivity contribution in [3.8, 4) is 11.5 Å². The average molecular weight is 285 g/mol. The van der Waals surface area contributed by atoms with Crippen LogP contribution in [0.3, 0.4) is 0 Å². The summed E-state index contributed by atoms with van der Waals surface area (Å²) in [5.74, 6) is 1.85. The maximum atomic E-state index is 5.67. The number of ether oxygens (including phenoxy) is 2. The van der Waals surface area contributed by atoms with E-state index in [1.807, 2.05) is 61.5 Å². The van der Waals surface area contributed by atoms with E-state index in [0.29, 0.717) is 6.61 Å². The number of benzene rings is 2. The van der Waals surface area contributed by atoms with Crippen LogP contribution in [-0.2, 0) is 0 Å². The molecule has 0 heterocycles. The molecule has 0 radical (unpaired) electrons. The second kappa shape index (κ2) is 8.90. The van der Waals surface area contributed by atoms with Gasteiger partial charge in [0.15, 0.2) is 0 Å². The molecule has 0 unspecified atom stereocenters. The lowest BCUT2D eigenvalue weighted by Gasteiger charge is -2.12. The van der Waals surface area contributed by atoms with Crippen molar-refractivity contribution in [3.05, 3.63) is 54.6 Å². The summed E-state index contributed by atoms with van der Waals surface area (Å²) in [7, 11) is 0. The van der Waals surface area contributed by atoms with Crippen molar-refractivity contribution in [2.45, 2.75) is 19.8 Å². The Bertz CT molecular complexity index is 514. The summed E-state index contributed by atoms with van der Waals surface area (Å²) in [5.41, 5.74) is 1.06. The number of unbranched alkanes of at least 4 members (excludes halogenated alkanes) is 1. The Hall–Kier alpha value is -2.16. The number of rotatable bonds is 9. The molecule has 2 aromatic rings. The molecule has 2 rings (SSSR count). The summed E-state index contributed by atoms with van der Waals surface area (Å²) in [5, 5.41) is 3.42. The first-order valence-corrected chi connectivity index (χ1v) is 7.53. The third kappa shape index (κ3) is 5.38. The van der Waals surface area contributed by atoms with E-state index in [4.69, 9.17) is 9.47 Å². The van der Waals surface area contributed by atoms with Crippen LogP contribution in [0.5, 0.6) is 11.5 Å². The van der Waals surface area contributed by atoms with Gasteiger partial charge in [0.25, 0.3) is 0 Å². The Balaban J connectivity index is 1.64. The summed E-state index contributed by atoms with van der Waals surface area (Å²) in [4.78, 5) is 0. The van der Waals surface area contributed by atoms with Crippen molar-refractivity contribution >= 4 is 5.69 Å². The molecule has 112 valence electrons. The highest BCUT2D eigenvalue weighted by Crippen LogP contribution is 2.23. The van der Waals surface area contributed by atoms with Crippen molar-refractivity contribution < 1.29 is 9.47 Å². The fraction of sp³-hybridized carbons (Fsp3) is 0.333. The molecule has 0 saturated heterocycles. The van der Waals surface area contributed by atoms with Crippen LogP contribution in [0.4, 0.5) is 5.69 Å². The van der Waals surface area contributed by atoms with Crippen LogP contribution in [0, 0.1) is 0 Å². The molecule has 0 aromatic heterocycles. The Morgan fingerprint density at radius 2 is 1.62 bits per heavy atom. The van der Waals surface area contributed by atoms with Crippen molar-refractivity contribution in [2.24, 2.45) is 0 Å². The zero-order valence-corrected chi connectivity index (χ0v) is 12.5. The summed E-state index contributed by atoms with van der Waals surface area (Å²) < 4.78 is 11.3. The van der Waals surface area contributed by atoms with Gasteiger partial charge in [-0.15, -0.1) is 0 Å². The van der Waals surface area contributed by atoms with Gasteiger partial charge in [-0.1, -0.05) is 30.3 Å². The maximum Gasteiger partial charge on any atom is 0.142 e. The molecule has 0 aliphatic rings. The first-order chi connectivity index (χ1) is 10.4. The lowest BCUT2D eigenvalue weighted by molar-refractivity contribution is 0.308. The maximum absolute atomic E-state index is 5.67. The molecule has 1 N–H and O–H groups in total. The van der Waals surface area contributed by atoms with Gasteiger partial charge in [-0.2, -0.15) is 0 Å². The number of anilines is 1. The van der Waals surface area contributed by atoms with Crippen LogP contribution < -0.4 is 14.8 Å². The minimum Gasteiger partial charge on any atom is -0.494 e. The third-order valence-corrected chi connectivity index (χ3v) is 3.09. The number of para-hydroxylation sites is 3. The highest BCUT2D eigenvalue weighted by molar-refractivity contribution is 5.56. The first kappa shape index (κ1) is 15.2. The molecule has 3 nitrogen and oxygen atoms in total. The quantitative estimate of drug-likeness (QED) is 0.694. The zero-order valence-electron chi connectivity index (χ0n) is 12.5. The van der Waals surface area contributed by atoms with Crippen LogP contribution in [0.1, 0.15) is 19.8 Å². The third-order valence-electron chi connectivity index (χ3n) is 3.09. The monoisotopic (exact) mass is 285 g/mol. The van der Waals surface area contributed by atoms with Crippen LogP contribution >= 0.6 is 0 Å². The predicted molar refractivity (Wildman–Crippen MR) is 87.3 cm³/mol. The molecule has 0 aliphatic heterocycles. The van der Waals surface area contributed by atoms with Crippen molar-refractivity contribution in [2.75, 3.05) is 25.1 Å². The van der Waals surface area contributed by atoms with Crippen LogP contribution in [0.25, 0.3) is 0 Å². The normalized spacial score (nSPS) is 10.1. The Morgan fingerprint density at radius 1 is 0.857 bits per heavy atom. The van der Waals surface area contributed by atoms with E-state index >= 15 is 0 Å². The molecule has 0 bridgehead atoms. The molecule has 0 fully saturated rings. The molecular formula is C18H23NO2. The highest BCUT2D eigenvalue weighted by Gasteiger charge is 2.00.